The molecule has 12 nitrogen and oxygen atoms in total. The second-order valence-electron chi connectivity index (χ2n) is 11.6. The highest BCUT2D eigenvalue weighted by Crippen LogP contribution is 2.48. The third-order valence-electron chi connectivity index (χ3n) is 7.62. The number of nitrogens with zero attached hydrogens (tertiary/aromatic N) is 2. The second kappa shape index (κ2) is 12.9. The highest BCUT2D eigenvalue weighted by atomic mass is 28.5. The predicted molar refractivity (Wildman–Crippen MR) is 152 cm³/mol. The second-order valence-corrected chi connectivity index (χ2v) is 20.4. The summed E-state index contributed by atoms with van der Waals surface area (Å²) in [6.45, 7) is 17.7. The summed E-state index contributed by atoms with van der Waals surface area (Å²) in [5, 5.41) is 2.71. The van der Waals surface area contributed by atoms with Crippen LogP contribution in [-0.2, 0) is 27.2 Å². The molecule has 3 rings (SSSR count). The van der Waals surface area contributed by atoms with E-state index < -0.39 is 47.4 Å². The first-order chi connectivity index (χ1) is 18.3. The maximum absolute atomic E-state index is 12.9. The Morgan fingerprint density at radius 1 is 1.13 bits per heavy atom. The van der Waals surface area contributed by atoms with Crippen LogP contribution in [0.3, 0.4) is 0 Å². The molecule has 5 N–H and O–H groups in total. The lowest BCUT2D eigenvalue weighted by Gasteiger charge is -2.51. The van der Waals surface area contributed by atoms with Gasteiger partial charge in [-0.3, -0.25) is 9.36 Å². The zero-order chi connectivity index (χ0) is 29.1. The third-order valence-corrected chi connectivity index (χ3v) is 17.9. The molecule has 4 atom stereocenters. The van der Waals surface area contributed by atoms with Crippen LogP contribution in [0, 0.1) is 0 Å². The van der Waals surface area contributed by atoms with Gasteiger partial charge in [-0.25, -0.2) is 4.79 Å². The van der Waals surface area contributed by atoms with Crippen molar-refractivity contribution in [1.29, 1.82) is 0 Å². The standard InChI is InChI=1S/C25H47N5O7Si2/c1-15(2)38(16(3)4)34-13-19-22(36-39(37-38,17(5)6)18(7)8)23(33-14-21(31)28-11-10-26)24(35-19)30-12-9-20(27)29-25(30)32/h9,12,15-19,22-24H,10-11,13-14,26H2,1-8H3,(H,28,31)(H2,27,29,32)/t19-,22?,23+,24-/m1/s1. The number of carbonyl (C=O) groups is 1. The highest BCUT2D eigenvalue weighted by Gasteiger charge is 2.62. The number of nitrogens with one attached hydrogen (secondary N) is 1. The first-order valence-electron chi connectivity index (χ1n) is 13.9. The van der Waals surface area contributed by atoms with Gasteiger partial charge in [0.05, 0.1) is 6.61 Å². The summed E-state index contributed by atoms with van der Waals surface area (Å²) in [4.78, 5) is 29.2. The zero-order valence-electron chi connectivity index (χ0n) is 24.5. The molecule has 0 bridgehead atoms. The van der Waals surface area contributed by atoms with Crippen LogP contribution in [0.25, 0.3) is 0 Å². The molecule has 2 saturated heterocycles. The van der Waals surface area contributed by atoms with Gasteiger partial charge in [-0.05, 0) is 28.2 Å². The van der Waals surface area contributed by atoms with Crippen molar-refractivity contribution in [3.63, 3.8) is 0 Å². The Balaban J connectivity index is 2.10. The van der Waals surface area contributed by atoms with Crippen molar-refractivity contribution in [3.8, 4) is 0 Å². The van der Waals surface area contributed by atoms with E-state index in [0.717, 1.165) is 0 Å². The van der Waals surface area contributed by atoms with Gasteiger partial charge >= 0.3 is 22.8 Å². The average molecular weight is 586 g/mol. The minimum absolute atomic E-state index is 0.0812. The monoisotopic (exact) mass is 585 g/mol. The zero-order valence-corrected chi connectivity index (χ0v) is 26.5. The van der Waals surface area contributed by atoms with Gasteiger partial charge in [-0.15, -0.1) is 0 Å². The van der Waals surface area contributed by atoms with E-state index in [-0.39, 0.29) is 47.1 Å². The van der Waals surface area contributed by atoms with Crippen LogP contribution in [0.4, 0.5) is 5.82 Å². The minimum atomic E-state index is -3.00. The van der Waals surface area contributed by atoms with Crippen molar-refractivity contribution >= 4 is 28.8 Å². The highest BCUT2D eigenvalue weighted by molar-refractivity contribution is 6.84. The molecular formula is C25H47N5O7Si2. The van der Waals surface area contributed by atoms with Crippen molar-refractivity contribution in [2.24, 2.45) is 5.73 Å². The first-order valence-corrected chi connectivity index (χ1v) is 17.8. The van der Waals surface area contributed by atoms with Crippen LogP contribution in [0.5, 0.6) is 0 Å². The van der Waals surface area contributed by atoms with E-state index in [1.54, 1.807) is 0 Å². The summed E-state index contributed by atoms with van der Waals surface area (Å²) in [7, 11) is -5.79. The molecule has 39 heavy (non-hydrogen) atoms. The Hall–Kier alpha value is -1.66. The molecule has 0 radical (unpaired) electrons. The molecule has 1 amide bonds. The molecule has 0 aromatic carbocycles. The Morgan fingerprint density at radius 3 is 2.28 bits per heavy atom. The van der Waals surface area contributed by atoms with Crippen LogP contribution in [-0.4, -0.2) is 77.2 Å². The van der Waals surface area contributed by atoms with Crippen LogP contribution in [0.2, 0.25) is 22.2 Å². The largest absolute Gasteiger partial charge is 0.414 e. The summed E-state index contributed by atoms with van der Waals surface area (Å²) in [5.41, 5.74) is 11.2. The van der Waals surface area contributed by atoms with Gasteiger partial charge in [0.2, 0.25) is 5.91 Å². The third kappa shape index (κ3) is 6.48. The van der Waals surface area contributed by atoms with Gasteiger partial charge in [0.25, 0.3) is 0 Å². The summed E-state index contributed by atoms with van der Waals surface area (Å²) >= 11 is 0. The molecule has 2 aliphatic rings. The quantitative estimate of drug-likeness (QED) is 0.347. The smallest absolute Gasteiger partial charge is 0.351 e. The molecule has 0 saturated carbocycles. The van der Waals surface area contributed by atoms with E-state index in [0.29, 0.717) is 13.1 Å². The maximum atomic E-state index is 12.9. The number of hydrogen-bond acceptors (Lipinski definition) is 10. The number of ether oxygens (including phenoxy) is 2. The van der Waals surface area contributed by atoms with E-state index >= 15 is 0 Å². The molecule has 3 heterocycles. The number of aromatic nitrogens is 2. The molecule has 2 fully saturated rings. The van der Waals surface area contributed by atoms with E-state index in [2.05, 4.69) is 65.7 Å². The van der Waals surface area contributed by atoms with E-state index in [9.17, 15) is 9.59 Å². The molecule has 14 heteroatoms. The number of rotatable bonds is 10. The number of fused-ring (bicyclic) bond motifs is 1. The van der Waals surface area contributed by atoms with Crippen LogP contribution in [0.1, 0.15) is 61.6 Å². The molecule has 0 spiro atoms. The lowest BCUT2D eigenvalue weighted by molar-refractivity contribution is -0.132. The minimum Gasteiger partial charge on any atom is -0.414 e. The van der Waals surface area contributed by atoms with Crippen molar-refractivity contribution < 1.29 is 27.2 Å². The lowest BCUT2D eigenvalue weighted by Crippen LogP contribution is -2.66. The topological polar surface area (TPSA) is 162 Å². The van der Waals surface area contributed by atoms with Crippen molar-refractivity contribution in [1.82, 2.24) is 14.9 Å². The SMILES string of the molecule is CC(C)[Si]1(C(C)C)OC[C@H]2O[C@@H](n3ccc(N)nc3=O)[C@@H](OCC(=O)NCCN)C2O[Si](C(C)C)(C(C)C)O1. The first kappa shape index (κ1) is 31.9. The molecule has 1 unspecified atom stereocenters. The molecule has 2 aliphatic heterocycles. The molecule has 222 valence electrons. The fraction of sp³-hybridized carbons (Fsp3) is 0.800. The fourth-order valence-electron chi connectivity index (χ4n) is 5.58. The van der Waals surface area contributed by atoms with E-state index in [1.165, 1.54) is 16.8 Å². The molecule has 1 aromatic heterocycles. The predicted octanol–water partition coefficient (Wildman–Crippen LogP) is 2.14. The molecule has 1 aromatic rings. The van der Waals surface area contributed by atoms with Crippen LogP contribution < -0.4 is 22.5 Å². The Labute approximate surface area is 233 Å². The van der Waals surface area contributed by atoms with Crippen molar-refractivity contribution in [3.05, 3.63) is 22.7 Å². The van der Waals surface area contributed by atoms with Crippen molar-refractivity contribution in [2.75, 3.05) is 32.0 Å². The van der Waals surface area contributed by atoms with Gasteiger partial charge in [0.1, 0.15) is 30.7 Å². The average Bonchev–Trinajstić information content (AvgIpc) is 3.16. The van der Waals surface area contributed by atoms with Crippen molar-refractivity contribution in [2.45, 2.75) is 102 Å². The van der Waals surface area contributed by atoms with Gasteiger partial charge in [0.15, 0.2) is 6.23 Å². The van der Waals surface area contributed by atoms with Gasteiger partial charge in [-0.2, -0.15) is 4.98 Å². The Kier molecular flexibility index (Phi) is 10.5. The van der Waals surface area contributed by atoms with Crippen LogP contribution in [0.15, 0.2) is 17.1 Å². The Bertz CT molecular complexity index is 1020. The van der Waals surface area contributed by atoms with E-state index in [4.69, 9.17) is 33.9 Å². The van der Waals surface area contributed by atoms with Gasteiger partial charge in [-0.1, -0.05) is 55.4 Å². The number of amides is 1. The summed E-state index contributed by atoms with van der Waals surface area (Å²) in [6.07, 6.45) is -1.41. The van der Waals surface area contributed by atoms with Gasteiger partial charge < -0.3 is 39.2 Å². The molecule has 0 aliphatic carbocycles. The summed E-state index contributed by atoms with van der Waals surface area (Å²) in [6, 6.07) is 1.52. The van der Waals surface area contributed by atoms with E-state index in [1.807, 2.05) is 0 Å². The summed E-state index contributed by atoms with van der Waals surface area (Å²) in [5.74, 6) is -0.228. The number of carbonyl (C=O) groups excluding carboxylic acids is 1. The number of nitrogens with two attached hydrogens (primary N) is 2. The lowest BCUT2D eigenvalue weighted by atomic mass is 10.1. The number of anilines is 1. The maximum Gasteiger partial charge on any atom is 0.351 e. The normalized spacial score (nSPS) is 26.6. The fourth-order valence-corrected chi connectivity index (χ4v) is 16.8. The molecular weight excluding hydrogens is 538 g/mol. The van der Waals surface area contributed by atoms with Gasteiger partial charge in [0, 0.05) is 19.3 Å². The number of nitrogen functional groups attached to an aromatic ring is 1. The number of hydrogen-bond donors (Lipinski definition) is 3. The Morgan fingerprint density at radius 2 is 1.74 bits per heavy atom. The van der Waals surface area contributed by atoms with Crippen LogP contribution >= 0.6 is 0 Å². The summed E-state index contributed by atoms with van der Waals surface area (Å²) < 4.78 is 35.2.